The smallest absolute Gasteiger partial charge is 0.331 e. The zero-order valence-corrected chi connectivity index (χ0v) is 7.47. The van der Waals surface area contributed by atoms with Gasteiger partial charge in [0, 0.05) is 12.6 Å². The number of hydrogen-bond acceptors (Lipinski definition) is 3. The minimum absolute atomic E-state index is 0.494. The summed E-state index contributed by atoms with van der Waals surface area (Å²) in [5.74, 6) is -0.494. The zero-order chi connectivity index (χ0) is 8.85. The van der Waals surface area contributed by atoms with Crippen LogP contribution in [-0.2, 0) is 9.53 Å². The van der Waals surface area contributed by atoms with Crippen LogP contribution in [0, 0.1) is 0 Å². The molecule has 1 unspecified atom stereocenters. The molecular weight excluding hydrogens is 166 g/mol. The second-order valence-electron chi connectivity index (χ2n) is 2.31. The fourth-order valence-corrected chi connectivity index (χ4v) is 0.862. The summed E-state index contributed by atoms with van der Waals surface area (Å²) in [5, 5.41) is 0. The monoisotopic (exact) mass is 177 g/mol. The van der Waals surface area contributed by atoms with E-state index in [9.17, 15) is 4.79 Å². The minimum atomic E-state index is -0.601. The molecule has 0 bridgehead atoms. The van der Waals surface area contributed by atoms with Crippen LogP contribution in [0.1, 0.15) is 0 Å². The summed E-state index contributed by atoms with van der Waals surface area (Å²) in [7, 11) is 3.69. The molecule has 0 radical (unpaired) electrons. The molecule has 0 aromatic heterocycles. The molecule has 3 nitrogen and oxygen atoms in total. The van der Waals surface area contributed by atoms with Gasteiger partial charge in [0.05, 0.1) is 0 Å². The van der Waals surface area contributed by atoms with Crippen molar-refractivity contribution in [2.24, 2.45) is 0 Å². The van der Waals surface area contributed by atoms with Gasteiger partial charge in [0.2, 0.25) is 0 Å². The Morgan fingerprint density at radius 1 is 1.82 bits per heavy atom. The molecule has 0 saturated carbocycles. The van der Waals surface area contributed by atoms with Crippen LogP contribution in [0.4, 0.5) is 0 Å². The summed E-state index contributed by atoms with van der Waals surface area (Å²) in [5.41, 5.74) is -0.601. The molecule has 0 aliphatic rings. The lowest BCUT2D eigenvalue weighted by Crippen LogP contribution is -2.25. The maximum atomic E-state index is 10.6. The summed E-state index contributed by atoms with van der Waals surface area (Å²) < 4.78 is 4.68. The van der Waals surface area contributed by atoms with Gasteiger partial charge in [0.15, 0.2) is 5.56 Å². The van der Waals surface area contributed by atoms with Crippen molar-refractivity contribution in [3.05, 3.63) is 12.7 Å². The molecule has 0 amide bonds. The number of alkyl halides is 1. The second-order valence-corrected chi connectivity index (χ2v) is 2.80. The Morgan fingerprint density at radius 3 is 2.73 bits per heavy atom. The van der Waals surface area contributed by atoms with Crippen molar-refractivity contribution in [1.82, 2.24) is 4.90 Å². The van der Waals surface area contributed by atoms with E-state index in [4.69, 9.17) is 11.6 Å². The van der Waals surface area contributed by atoms with E-state index >= 15 is 0 Å². The van der Waals surface area contributed by atoms with Crippen molar-refractivity contribution in [3.63, 3.8) is 0 Å². The Hall–Kier alpha value is -0.540. The number of carbonyl (C=O) groups excluding carboxylic acids is 1. The second kappa shape index (κ2) is 5.16. The van der Waals surface area contributed by atoms with Crippen molar-refractivity contribution in [2.45, 2.75) is 5.56 Å². The predicted molar refractivity (Wildman–Crippen MR) is 44.5 cm³/mol. The van der Waals surface area contributed by atoms with Crippen LogP contribution in [0.25, 0.3) is 0 Å². The summed E-state index contributed by atoms with van der Waals surface area (Å²) >= 11 is 5.62. The van der Waals surface area contributed by atoms with Gasteiger partial charge in [0.1, 0.15) is 0 Å². The third kappa shape index (κ3) is 5.88. The quantitative estimate of drug-likeness (QED) is 0.362. The van der Waals surface area contributed by atoms with Gasteiger partial charge >= 0.3 is 5.97 Å². The molecule has 0 aromatic rings. The molecule has 11 heavy (non-hydrogen) atoms. The van der Waals surface area contributed by atoms with Gasteiger partial charge in [-0.25, -0.2) is 4.79 Å². The number of carbonyl (C=O) groups is 1. The average molecular weight is 178 g/mol. The number of esters is 1. The number of ether oxygens (including phenoxy) is 1. The molecule has 0 rings (SSSR count). The summed E-state index contributed by atoms with van der Waals surface area (Å²) in [6.07, 6.45) is 1.09. The van der Waals surface area contributed by atoms with Gasteiger partial charge in [-0.1, -0.05) is 18.2 Å². The third-order valence-electron chi connectivity index (χ3n) is 0.919. The van der Waals surface area contributed by atoms with E-state index in [1.165, 1.54) is 0 Å². The lowest BCUT2D eigenvalue weighted by atomic mass is 10.6. The molecular formula is C7H12ClNO2. The van der Waals surface area contributed by atoms with Crippen LogP contribution in [0.15, 0.2) is 12.7 Å². The first-order chi connectivity index (χ1) is 5.06. The molecule has 0 aliphatic carbocycles. The van der Waals surface area contributed by atoms with Gasteiger partial charge in [0.25, 0.3) is 0 Å². The standard InChI is InChI=1S/C7H12ClNO2/c1-4-7(10)11-6(8)5-9(2)3/h4,6H,1,5H2,2-3H3. The van der Waals surface area contributed by atoms with Crippen molar-refractivity contribution < 1.29 is 9.53 Å². The summed E-state index contributed by atoms with van der Waals surface area (Å²) in [6.45, 7) is 3.75. The fraction of sp³-hybridized carbons (Fsp3) is 0.571. The Morgan fingerprint density at radius 2 is 2.36 bits per heavy atom. The van der Waals surface area contributed by atoms with Crippen molar-refractivity contribution in [2.75, 3.05) is 20.6 Å². The van der Waals surface area contributed by atoms with E-state index in [2.05, 4.69) is 11.3 Å². The van der Waals surface area contributed by atoms with Crippen LogP contribution < -0.4 is 0 Å². The van der Waals surface area contributed by atoms with Gasteiger partial charge in [-0.2, -0.15) is 0 Å². The Balaban J connectivity index is 3.59. The highest BCUT2D eigenvalue weighted by molar-refractivity contribution is 6.20. The number of rotatable bonds is 4. The van der Waals surface area contributed by atoms with E-state index in [0.717, 1.165) is 6.08 Å². The summed E-state index contributed by atoms with van der Waals surface area (Å²) in [6, 6.07) is 0. The maximum Gasteiger partial charge on any atom is 0.331 e. The van der Waals surface area contributed by atoms with Crippen LogP contribution in [0.3, 0.4) is 0 Å². The normalized spacial score (nSPS) is 12.7. The van der Waals surface area contributed by atoms with E-state index in [0.29, 0.717) is 6.54 Å². The van der Waals surface area contributed by atoms with Crippen LogP contribution in [-0.4, -0.2) is 37.1 Å². The SMILES string of the molecule is C=CC(=O)OC(Cl)CN(C)C. The first kappa shape index (κ1) is 10.5. The molecule has 0 fully saturated rings. The van der Waals surface area contributed by atoms with Gasteiger partial charge in [-0.05, 0) is 14.1 Å². The maximum absolute atomic E-state index is 10.6. The highest BCUT2D eigenvalue weighted by Crippen LogP contribution is 1.99. The first-order valence-electron chi connectivity index (χ1n) is 3.18. The highest BCUT2D eigenvalue weighted by Gasteiger charge is 2.08. The van der Waals surface area contributed by atoms with E-state index in [-0.39, 0.29) is 0 Å². The lowest BCUT2D eigenvalue weighted by Gasteiger charge is -2.14. The Kier molecular flexibility index (Phi) is 4.90. The lowest BCUT2D eigenvalue weighted by molar-refractivity contribution is -0.139. The van der Waals surface area contributed by atoms with Crippen molar-refractivity contribution in [1.29, 1.82) is 0 Å². The third-order valence-corrected chi connectivity index (χ3v) is 1.15. The van der Waals surface area contributed by atoms with Crippen molar-refractivity contribution in [3.8, 4) is 0 Å². The minimum Gasteiger partial charge on any atom is -0.441 e. The Bertz CT molecular complexity index is 147. The topological polar surface area (TPSA) is 29.5 Å². The summed E-state index contributed by atoms with van der Waals surface area (Å²) in [4.78, 5) is 12.4. The van der Waals surface area contributed by atoms with E-state index in [1.54, 1.807) is 0 Å². The van der Waals surface area contributed by atoms with E-state index in [1.807, 2.05) is 19.0 Å². The zero-order valence-electron chi connectivity index (χ0n) is 6.71. The fourth-order valence-electron chi connectivity index (χ4n) is 0.498. The molecule has 0 N–H and O–H groups in total. The largest absolute Gasteiger partial charge is 0.441 e. The molecule has 64 valence electrons. The van der Waals surface area contributed by atoms with Crippen molar-refractivity contribution >= 4 is 17.6 Å². The van der Waals surface area contributed by atoms with Gasteiger partial charge < -0.3 is 9.64 Å². The molecule has 0 aromatic carbocycles. The molecule has 1 atom stereocenters. The number of nitrogens with zero attached hydrogens (tertiary/aromatic N) is 1. The Labute approximate surface area is 71.6 Å². The van der Waals surface area contributed by atoms with Gasteiger partial charge in [-0.3, -0.25) is 0 Å². The van der Waals surface area contributed by atoms with E-state index < -0.39 is 11.5 Å². The van der Waals surface area contributed by atoms with Crippen LogP contribution >= 0.6 is 11.6 Å². The molecule has 0 heterocycles. The van der Waals surface area contributed by atoms with Gasteiger partial charge in [-0.15, -0.1) is 0 Å². The molecule has 4 heteroatoms. The number of hydrogen-bond donors (Lipinski definition) is 0. The number of likely N-dealkylation sites (N-methyl/N-ethyl adjacent to an activating group) is 1. The van der Waals surface area contributed by atoms with Crippen LogP contribution in [0.2, 0.25) is 0 Å². The molecule has 0 saturated heterocycles. The first-order valence-corrected chi connectivity index (χ1v) is 3.61. The van der Waals surface area contributed by atoms with Crippen LogP contribution in [0.5, 0.6) is 0 Å². The average Bonchev–Trinajstić information content (AvgIpc) is 1.85. The molecule has 0 aliphatic heterocycles. The highest BCUT2D eigenvalue weighted by atomic mass is 35.5. The number of halogens is 1. The predicted octanol–water partition coefficient (Wildman–Crippen LogP) is 0.842. The molecule has 0 spiro atoms.